The van der Waals surface area contributed by atoms with Crippen molar-refractivity contribution in [3.8, 4) is 11.5 Å². The number of rotatable bonds is 4. The molecule has 27 heavy (non-hydrogen) atoms. The molecule has 2 aromatic rings. The lowest BCUT2D eigenvalue weighted by Gasteiger charge is -2.07. The lowest BCUT2D eigenvalue weighted by molar-refractivity contribution is -0.130. The fourth-order valence-corrected chi connectivity index (χ4v) is 2.93. The Morgan fingerprint density at radius 3 is 2.70 bits per heavy atom. The number of halogens is 1. The summed E-state index contributed by atoms with van der Waals surface area (Å²) in [7, 11) is 0. The predicted molar refractivity (Wildman–Crippen MR) is 98.3 cm³/mol. The van der Waals surface area contributed by atoms with Crippen LogP contribution in [-0.4, -0.2) is 25.1 Å². The van der Waals surface area contributed by atoms with Gasteiger partial charge in [0.25, 0.3) is 0 Å². The van der Waals surface area contributed by atoms with Crippen molar-refractivity contribution >= 4 is 17.9 Å². The number of aryl methyl sites for hydroxylation is 1. The van der Waals surface area contributed by atoms with Crippen LogP contribution in [0.5, 0.6) is 11.5 Å². The molecule has 4 rings (SSSR count). The van der Waals surface area contributed by atoms with Crippen molar-refractivity contribution in [2.24, 2.45) is 4.99 Å². The Morgan fingerprint density at radius 2 is 1.85 bits per heavy atom. The summed E-state index contributed by atoms with van der Waals surface area (Å²) in [6, 6.07) is 12.0. The topological polar surface area (TPSA) is 57.1 Å². The van der Waals surface area contributed by atoms with Gasteiger partial charge in [0.15, 0.2) is 23.1 Å². The van der Waals surface area contributed by atoms with Crippen LogP contribution >= 0.6 is 0 Å². The first-order chi connectivity index (χ1) is 13.2. The number of cyclic esters (lactones) is 1. The maximum absolute atomic E-state index is 13.7. The van der Waals surface area contributed by atoms with Gasteiger partial charge in [-0.05, 0) is 41.8 Å². The maximum atomic E-state index is 13.7. The van der Waals surface area contributed by atoms with Gasteiger partial charge in [-0.25, -0.2) is 14.2 Å². The van der Waals surface area contributed by atoms with Crippen molar-refractivity contribution in [2.45, 2.75) is 19.3 Å². The van der Waals surface area contributed by atoms with Crippen LogP contribution in [0.1, 0.15) is 24.0 Å². The van der Waals surface area contributed by atoms with Gasteiger partial charge >= 0.3 is 5.97 Å². The fourth-order valence-electron chi connectivity index (χ4n) is 2.93. The molecule has 5 nitrogen and oxygen atoms in total. The molecule has 6 heteroatoms. The van der Waals surface area contributed by atoms with Crippen molar-refractivity contribution in [2.75, 3.05) is 13.2 Å². The number of nitrogens with zero attached hydrogens (tertiary/aromatic N) is 1. The normalized spacial score (nSPS) is 17.4. The second-order valence-electron chi connectivity index (χ2n) is 6.27. The quantitative estimate of drug-likeness (QED) is 0.607. The van der Waals surface area contributed by atoms with Gasteiger partial charge in [-0.3, -0.25) is 0 Å². The molecular weight excluding hydrogens is 349 g/mol. The van der Waals surface area contributed by atoms with Crippen molar-refractivity contribution in [1.82, 2.24) is 0 Å². The second kappa shape index (κ2) is 7.61. The van der Waals surface area contributed by atoms with E-state index in [1.807, 2.05) is 18.2 Å². The molecule has 2 aliphatic heterocycles. The minimum absolute atomic E-state index is 0.216. The molecule has 0 bridgehead atoms. The summed E-state index contributed by atoms with van der Waals surface area (Å²) < 4.78 is 30.2. The molecule has 2 heterocycles. The van der Waals surface area contributed by atoms with E-state index >= 15 is 0 Å². The van der Waals surface area contributed by atoms with Gasteiger partial charge in [0.05, 0.1) is 13.2 Å². The highest BCUT2D eigenvalue weighted by Gasteiger charge is 2.23. The largest absolute Gasteiger partial charge is 0.490 e. The van der Waals surface area contributed by atoms with E-state index in [4.69, 9.17) is 14.2 Å². The van der Waals surface area contributed by atoms with E-state index in [2.05, 4.69) is 4.99 Å². The van der Waals surface area contributed by atoms with Crippen molar-refractivity contribution < 1.29 is 23.4 Å². The first-order valence-corrected chi connectivity index (χ1v) is 8.83. The third-order valence-corrected chi connectivity index (χ3v) is 4.31. The molecule has 0 aromatic heterocycles. The Balaban J connectivity index is 1.49. The number of hydrogen-bond donors (Lipinski definition) is 0. The molecular formula is C21H18FNO4. The minimum Gasteiger partial charge on any atom is -0.490 e. The van der Waals surface area contributed by atoms with E-state index in [1.165, 1.54) is 6.07 Å². The number of carbonyl (C=O) groups is 1. The monoisotopic (exact) mass is 367 g/mol. The molecule has 0 N–H and O–H groups in total. The van der Waals surface area contributed by atoms with Crippen LogP contribution in [-0.2, 0) is 16.0 Å². The summed E-state index contributed by atoms with van der Waals surface area (Å²) >= 11 is 0. The maximum Gasteiger partial charge on any atom is 0.363 e. The minimum atomic E-state index is -0.509. The molecule has 2 aromatic carbocycles. The number of carbonyl (C=O) groups excluding carboxylic acids is 1. The highest BCUT2D eigenvalue weighted by Crippen LogP contribution is 2.31. The number of fused-ring (bicyclic) bond motifs is 1. The fraction of sp³-hybridized carbons (Fsp3) is 0.238. The van der Waals surface area contributed by atoms with E-state index in [0.29, 0.717) is 49.0 Å². The van der Waals surface area contributed by atoms with Crippen LogP contribution in [0.4, 0.5) is 4.39 Å². The average molecular weight is 367 g/mol. The molecule has 0 spiro atoms. The smallest absolute Gasteiger partial charge is 0.363 e. The van der Waals surface area contributed by atoms with Crippen LogP contribution in [0.2, 0.25) is 0 Å². The Kier molecular flexibility index (Phi) is 4.87. The lowest BCUT2D eigenvalue weighted by atomic mass is 10.1. The van der Waals surface area contributed by atoms with Gasteiger partial charge in [0, 0.05) is 12.8 Å². The molecule has 0 unspecified atom stereocenters. The lowest BCUT2D eigenvalue weighted by Crippen LogP contribution is -2.05. The van der Waals surface area contributed by atoms with E-state index in [1.54, 1.807) is 24.3 Å². The first kappa shape index (κ1) is 17.3. The van der Waals surface area contributed by atoms with Crippen LogP contribution in [0.25, 0.3) is 6.08 Å². The summed E-state index contributed by atoms with van der Waals surface area (Å²) in [5.41, 5.74) is 1.55. The Labute approximate surface area is 156 Å². The van der Waals surface area contributed by atoms with Crippen LogP contribution < -0.4 is 9.47 Å². The summed E-state index contributed by atoms with van der Waals surface area (Å²) in [4.78, 5) is 16.3. The van der Waals surface area contributed by atoms with Crippen LogP contribution in [0.15, 0.2) is 53.2 Å². The van der Waals surface area contributed by atoms with E-state index in [0.717, 1.165) is 12.0 Å². The molecule has 0 aliphatic carbocycles. The summed E-state index contributed by atoms with van der Waals surface area (Å²) in [5.74, 6) is 0.856. The number of hydrogen-bond acceptors (Lipinski definition) is 5. The molecule has 0 amide bonds. The van der Waals surface area contributed by atoms with E-state index in [9.17, 15) is 9.18 Å². The van der Waals surface area contributed by atoms with Gasteiger partial charge in [-0.15, -0.1) is 0 Å². The molecule has 138 valence electrons. The highest BCUT2D eigenvalue weighted by molar-refractivity contribution is 6.07. The predicted octanol–water partition coefficient (Wildman–Crippen LogP) is 3.92. The summed E-state index contributed by atoms with van der Waals surface area (Å²) in [6.07, 6.45) is 3.24. The van der Waals surface area contributed by atoms with Crippen molar-refractivity contribution in [1.29, 1.82) is 0 Å². The van der Waals surface area contributed by atoms with Crippen LogP contribution in [0.3, 0.4) is 0 Å². The number of aliphatic imine (C=N–C) groups is 1. The number of benzene rings is 2. The Morgan fingerprint density at radius 1 is 1.04 bits per heavy atom. The molecule has 0 atom stereocenters. The first-order valence-electron chi connectivity index (χ1n) is 8.83. The molecule has 0 fully saturated rings. The summed E-state index contributed by atoms with van der Waals surface area (Å²) in [6.45, 7) is 1.21. The zero-order chi connectivity index (χ0) is 18.6. The second-order valence-corrected chi connectivity index (χ2v) is 6.27. The third-order valence-electron chi connectivity index (χ3n) is 4.31. The zero-order valence-electron chi connectivity index (χ0n) is 14.6. The molecule has 2 aliphatic rings. The number of ether oxygens (including phenoxy) is 3. The molecule has 0 saturated carbocycles. The number of esters is 1. The van der Waals surface area contributed by atoms with Crippen LogP contribution in [0, 0.1) is 5.82 Å². The molecule has 0 radical (unpaired) electrons. The van der Waals surface area contributed by atoms with Gasteiger partial charge in [0.1, 0.15) is 5.82 Å². The van der Waals surface area contributed by atoms with Gasteiger partial charge in [-0.2, -0.15) is 0 Å². The van der Waals surface area contributed by atoms with Crippen molar-refractivity contribution in [3.63, 3.8) is 0 Å². The highest BCUT2D eigenvalue weighted by atomic mass is 19.1. The van der Waals surface area contributed by atoms with E-state index in [-0.39, 0.29) is 11.5 Å². The standard InChI is InChI=1S/C21H18FNO4/c22-16-5-2-1-4-15(16)7-9-20-23-17(21(24)27-20)12-14-6-8-18-19(13-14)26-11-3-10-25-18/h1-2,4-6,8,12-13H,3,7,9-11H2/b17-12+. The Bertz CT molecular complexity index is 936. The van der Waals surface area contributed by atoms with Gasteiger partial charge in [-0.1, -0.05) is 24.3 Å². The Hall–Kier alpha value is -3.15. The third kappa shape index (κ3) is 4.00. The van der Waals surface area contributed by atoms with E-state index < -0.39 is 5.97 Å². The SMILES string of the molecule is O=C1OC(CCc2ccccc2F)=N/C1=C/c1ccc2c(c1)OCCCO2. The van der Waals surface area contributed by atoms with Gasteiger partial charge < -0.3 is 14.2 Å². The average Bonchev–Trinajstić information content (AvgIpc) is 2.87. The summed E-state index contributed by atoms with van der Waals surface area (Å²) in [5, 5.41) is 0. The van der Waals surface area contributed by atoms with Gasteiger partial charge in [0.2, 0.25) is 0 Å². The zero-order valence-corrected chi connectivity index (χ0v) is 14.6. The van der Waals surface area contributed by atoms with Crippen molar-refractivity contribution in [3.05, 3.63) is 65.1 Å². The molecule has 0 saturated heterocycles.